The Morgan fingerprint density at radius 3 is 1.74 bits per heavy atom. The van der Waals surface area contributed by atoms with Crippen LogP contribution in [0, 0.1) is 50.7 Å². The normalized spacial score (nSPS) is 58.5. The van der Waals surface area contributed by atoms with Crippen LogP contribution < -0.4 is 0 Å². The summed E-state index contributed by atoms with van der Waals surface area (Å²) in [6.45, 7) is 17.4. The Labute approximate surface area is 191 Å². The van der Waals surface area contributed by atoms with Crippen LogP contribution in [0.3, 0.4) is 0 Å². The molecule has 2 nitrogen and oxygen atoms in total. The molecule has 1 N–H and O–H groups in total. The third-order valence-corrected chi connectivity index (χ3v) is 13.3. The van der Waals surface area contributed by atoms with Crippen molar-refractivity contribution in [2.24, 2.45) is 50.7 Å². The summed E-state index contributed by atoms with van der Waals surface area (Å²) in [5, 5.41) is 11.3. The molecule has 9 unspecified atom stereocenters. The zero-order valence-electron chi connectivity index (χ0n) is 21.4. The molecule has 5 rings (SSSR count). The lowest BCUT2D eigenvalue weighted by Gasteiger charge is -2.74. The van der Waals surface area contributed by atoms with E-state index in [0.717, 1.165) is 24.7 Å². The van der Waals surface area contributed by atoms with Crippen molar-refractivity contribution in [3.63, 3.8) is 0 Å². The molecule has 0 saturated heterocycles. The van der Waals surface area contributed by atoms with E-state index in [1.807, 2.05) is 6.92 Å². The van der Waals surface area contributed by atoms with Crippen LogP contribution in [-0.4, -0.2) is 16.5 Å². The van der Waals surface area contributed by atoms with Gasteiger partial charge in [0.15, 0.2) is 5.78 Å². The minimum Gasteiger partial charge on any atom is -0.382 e. The average Bonchev–Trinajstić information content (AvgIpc) is 2.65. The van der Waals surface area contributed by atoms with Gasteiger partial charge in [0.2, 0.25) is 0 Å². The van der Waals surface area contributed by atoms with Gasteiger partial charge in [-0.1, -0.05) is 48.0 Å². The highest BCUT2D eigenvalue weighted by molar-refractivity contribution is 5.88. The summed E-state index contributed by atoms with van der Waals surface area (Å²) in [7, 11) is 0. The Kier molecular flexibility index (Phi) is 4.63. The third kappa shape index (κ3) is 2.58. The fourth-order valence-electron chi connectivity index (χ4n) is 11.7. The number of carbonyl (C=O) groups is 1. The van der Waals surface area contributed by atoms with Crippen molar-refractivity contribution < 1.29 is 9.90 Å². The zero-order chi connectivity index (χ0) is 22.7. The molecular weight excluding hydrogens is 380 g/mol. The van der Waals surface area contributed by atoms with Crippen LogP contribution in [-0.2, 0) is 4.79 Å². The van der Waals surface area contributed by atoms with E-state index in [1.54, 1.807) is 0 Å². The van der Waals surface area contributed by atoms with Crippen molar-refractivity contribution in [3.8, 4) is 0 Å². The van der Waals surface area contributed by atoms with Crippen LogP contribution in [0.2, 0.25) is 0 Å². The van der Waals surface area contributed by atoms with Crippen LogP contribution in [0.15, 0.2) is 0 Å². The highest BCUT2D eigenvalue weighted by atomic mass is 16.3. The van der Waals surface area contributed by atoms with Crippen LogP contribution in [0.25, 0.3) is 0 Å². The molecule has 0 aromatic carbocycles. The predicted molar refractivity (Wildman–Crippen MR) is 127 cm³/mol. The first-order valence-electron chi connectivity index (χ1n) is 13.5. The number of fused-ring (bicyclic) bond motifs is 7. The fourth-order valence-corrected chi connectivity index (χ4v) is 11.7. The Balaban J connectivity index is 1.55. The Hall–Kier alpha value is -0.370. The van der Waals surface area contributed by atoms with Crippen LogP contribution in [0.1, 0.15) is 119 Å². The average molecular weight is 429 g/mol. The number of Topliss-reactive ketones (excluding diaryl/α,β-unsaturated/α-hetero) is 1. The van der Waals surface area contributed by atoms with E-state index in [9.17, 15) is 9.90 Å². The summed E-state index contributed by atoms with van der Waals surface area (Å²) < 4.78 is 0. The molecule has 0 amide bonds. The molecule has 0 spiro atoms. The molecular formula is C29H48O2. The zero-order valence-corrected chi connectivity index (χ0v) is 21.4. The second-order valence-electron chi connectivity index (χ2n) is 14.6. The SMILES string of the molecule is CC1(C)CCCC2(C)C1CCC1(C)C2CCC2C3(C)CCC(=O)C(C)(O)C3CCC21C. The fraction of sp³-hybridized carbons (Fsp3) is 0.966. The predicted octanol–water partition coefficient (Wildman–Crippen LogP) is 7.18. The lowest BCUT2D eigenvalue weighted by Crippen LogP contribution is -2.69. The van der Waals surface area contributed by atoms with E-state index >= 15 is 0 Å². The maximum absolute atomic E-state index is 12.7. The standard InChI is InChI=1S/C29H48O2/c1-24(2)14-8-15-25(3)19(24)11-17-27(5)20(25)9-10-21-26(4)16-13-23(30)29(7,31)22(26)12-18-28(21,27)6/h19-22,31H,8-18H2,1-7H3. The number of carbonyl (C=O) groups excluding carboxylic acids is 1. The van der Waals surface area contributed by atoms with Gasteiger partial charge < -0.3 is 5.11 Å². The Morgan fingerprint density at radius 2 is 1.16 bits per heavy atom. The van der Waals surface area contributed by atoms with Crippen LogP contribution in [0.4, 0.5) is 0 Å². The summed E-state index contributed by atoms with van der Waals surface area (Å²) in [5.41, 5.74) is 0.654. The molecule has 176 valence electrons. The number of ketones is 1. The molecule has 5 saturated carbocycles. The molecule has 0 bridgehead atoms. The molecule has 31 heavy (non-hydrogen) atoms. The minimum atomic E-state index is -1.12. The van der Waals surface area contributed by atoms with Crippen molar-refractivity contribution in [3.05, 3.63) is 0 Å². The molecule has 0 aliphatic heterocycles. The summed E-state index contributed by atoms with van der Waals surface area (Å²) in [4.78, 5) is 12.7. The van der Waals surface area contributed by atoms with Crippen molar-refractivity contribution >= 4 is 5.78 Å². The largest absolute Gasteiger partial charge is 0.382 e. The molecule has 9 atom stereocenters. The van der Waals surface area contributed by atoms with E-state index in [0.29, 0.717) is 34.0 Å². The molecule has 0 aromatic rings. The second kappa shape index (κ2) is 6.39. The summed E-state index contributed by atoms with van der Waals surface area (Å²) in [5.74, 6) is 2.56. The Bertz CT molecular complexity index is 782. The third-order valence-electron chi connectivity index (χ3n) is 13.3. The molecule has 2 heteroatoms. The molecule has 0 radical (unpaired) electrons. The maximum Gasteiger partial charge on any atom is 0.164 e. The van der Waals surface area contributed by atoms with Crippen molar-refractivity contribution in [1.29, 1.82) is 0 Å². The lowest BCUT2D eigenvalue weighted by molar-refractivity contribution is -0.259. The highest BCUT2D eigenvalue weighted by Gasteiger charge is 2.71. The van der Waals surface area contributed by atoms with Gasteiger partial charge in [0.25, 0.3) is 0 Å². The molecule has 5 aliphatic rings. The van der Waals surface area contributed by atoms with Gasteiger partial charge in [-0.05, 0) is 110 Å². The molecule has 0 aromatic heterocycles. The topological polar surface area (TPSA) is 37.3 Å². The van der Waals surface area contributed by atoms with Gasteiger partial charge in [-0.25, -0.2) is 0 Å². The van der Waals surface area contributed by atoms with E-state index in [1.165, 1.54) is 51.4 Å². The second-order valence-corrected chi connectivity index (χ2v) is 14.6. The van der Waals surface area contributed by atoms with E-state index < -0.39 is 5.60 Å². The summed E-state index contributed by atoms with van der Waals surface area (Å²) in [6, 6.07) is 0. The number of aliphatic hydroxyl groups is 1. The quantitative estimate of drug-likeness (QED) is 0.443. The molecule has 5 aliphatic carbocycles. The number of hydrogen-bond acceptors (Lipinski definition) is 2. The Morgan fingerprint density at radius 1 is 0.645 bits per heavy atom. The molecule has 5 fully saturated rings. The van der Waals surface area contributed by atoms with Gasteiger partial charge in [0.05, 0.1) is 0 Å². The minimum absolute atomic E-state index is 0.0935. The van der Waals surface area contributed by atoms with Gasteiger partial charge in [0.1, 0.15) is 5.60 Å². The smallest absolute Gasteiger partial charge is 0.164 e. The van der Waals surface area contributed by atoms with Gasteiger partial charge >= 0.3 is 0 Å². The monoisotopic (exact) mass is 428 g/mol. The van der Waals surface area contributed by atoms with Gasteiger partial charge in [-0.2, -0.15) is 0 Å². The highest BCUT2D eigenvalue weighted by Crippen LogP contribution is 2.77. The molecule has 0 heterocycles. The maximum atomic E-state index is 12.7. The van der Waals surface area contributed by atoms with Crippen molar-refractivity contribution in [1.82, 2.24) is 0 Å². The van der Waals surface area contributed by atoms with E-state index in [2.05, 4.69) is 41.5 Å². The first-order valence-corrected chi connectivity index (χ1v) is 13.5. The number of hydrogen-bond donors (Lipinski definition) is 1. The first-order chi connectivity index (χ1) is 14.2. The lowest BCUT2D eigenvalue weighted by atomic mass is 9.31. The van der Waals surface area contributed by atoms with Gasteiger partial charge in [-0.3, -0.25) is 4.79 Å². The summed E-state index contributed by atoms with van der Waals surface area (Å²) in [6.07, 6.45) is 13.4. The van der Waals surface area contributed by atoms with Crippen LogP contribution in [0.5, 0.6) is 0 Å². The summed E-state index contributed by atoms with van der Waals surface area (Å²) >= 11 is 0. The van der Waals surface area contributed by atoms with Crippen molar-refractivity contribution in [2.75, 3.05) is 0 Å². The van der Waals surface area contributed by atoms with Crippen LogP contribution >= 0.6 is 0 Å². The van der Waals surface area contributed by atoms with Crippen molar-refractivity contribution in [2.45, 2.75) is 125 Å². The van der Waals surface area contributed by atoms with E-state index in [-0.39, 0.29) is 17.1 Å². The van der Waals surface area contributed by atoms with E-state index in [4.69, 9.17) is 0 Å². The van der Waals surface area contributed by atoms with Gasteiger partial charge in [-0.15, -0.1) is 0 Å². The first kappa shape index (κ1) is 22.4. The van der Waals surface area contributed by atoms with Gasteiger partial charge in [0, 0.05) is 12.3 Å². The number of rotatable bonds is 0.